The Bertz CT molecular complexity index is 1030. The van der Waals surface area contributed by atoms with Crippen molar-refractivity contribution in [3.8, 4) is 11.1 Å². The lowest BCUT2D eigenvalue weighted by atomic mass is 9.93. The van der Waals surface area contributed by atoms with Crippen LogP contribution >= 0.6 is 0 Å². The van der Waals surface area contributed by atoms with E-state index in [1.807, 2.05) is 28.9 Å². The molecule has 1 atom stereocenters. The van der Waals surface area contributed by atoms with Crippen molar-refractivity contribution in [2.75, 3.05) is 13.2 Å². The molecule has 0 fully saturated rings. The van der Waals surface area contributed by atoms with E-state index in [0.717, 1.165) is 30.5 Å². The lowest BCUT2D eigenvalue weighted by Gasteiger charge is -2.24. The van der Waals surface area contributed by atoms with Crippen LogP contribution in [0.2, 0.25) is 0 Å². The summed E-state index contributed by atoms with van der Waals surface area (Å²) in [4.78, 5) is 12.6. The van der Waals surface area contributed by atoms with Gasteiger partial charge in [0, 0.05) is 17.2 Å². The Kier molecular flexibility index (Phi) is 5.01. The summed E-state index contributed by atoms with van der Waals surface area (Å²) < 4.78 is 7.53. The molecule has 2 aliphatic carbocycles. The number of hydrogen-bond donors (Lipinski definition) is 2. The summed E-state index contributed by atoms with van der Waals surface area (Å²) in [7, 11) is 0. The van der Waals surface area contributed by atoms with Crippen LogP contribution in [0.4, 0.5) is 4.79 Å². The van der Waals surface area contributed by atoms with Crippen molar-refractivity contribution in [1.82, 2.24) is 15.1 Å². The van der Waals surface area contributed by atoms with Crippen LogP contribution in [-0.2, 0) is 17.7 Å². The summed E-state index contributed by atoms with van der Waals surface area (Å²) in [6, 6.07) is 16.5. The van der Waals surface area contributed by atoms with Crippen molar-refractivity contribution >= 4 is 6.09 Å². The highest BCUT2D eigenvalue weighted by Gasteiger charge is 2.30. The zero-order chi connectivity index (χ0) is 20.5. The predicted molar refractivity (Wildman–Crippen MR) is 113 cm³/mol. The molecule has 2 N–H and O–H groups in total. The number of alkyl carbamates (subject to hydrolysis) is 1. The smallest absolute Gasteiger partial charge is 0.407 e. The molecule has 0 bridgehead atoms. The molecule has 1 heterocycles. The molecule has 0 saturated heterocycles. The summed E-state index contributed by atoms with van der Waals surface area (Å²) in [5, 5.41) is 16.6. The summed E-state index contributed by atoms with van der Waals surface area (Å²) in [6.45, 7) is 0.842. The average molecular weight is 403 g/mol. The number of amides is 1. The molecule has 2 aliphatic rings. The van der Waals surface area contributed by atoms with Crippen molar-refractivity contribution in [1.29, 1.82) is 0 Å². The molecule has 5 rings (SSSR count). The Morgan fingerprint density at radius 2 is 1.80 bits per heavy atom. The molecular weight excluding hydrogens is 378 g/mol. The monoisotopic (exact) mass is 403 g/mol. The minimum atomic E-state index is -0.398. The number of ether oxygens (including phenoxy) is 1. The molecule has 3 aromatic rings. The molecule has 1 aromatic heterocycles. The first-order valence-corrected chi connectivity index (χ1v) is 10.5. The average Bonchev–Trinajstić information content (AvgIpc) is 3.33. The van der Waals surface area contributed by atoms with Gasteiger partial charge in [0.1, 0.15) is 6.61 Å². The summed E-state index contributed by atoms with van der Waals surface area (Å²) in [5.74, 6) is 0.0531. The third-order valence-corrected chi connectivity index (χ3v) is 6.21. The normalized spacial score (nSPS) is 17.2. The molecule has 0 aliphatic heterocycles. The molecule has 6 nitrogen and oxygen atoms in total. The van der Waals surface area contributed by atoms with E-state index >= 15 is 0 Å². The summed E-state index contributed by atoms with van der Waals surface area (Å²) in [6.07, 6.45) is 4.15. The molecule has 0 spiro atoms. The highest BCUT2D eigenvalue weighted by molar-refractivity contribution is 5.79. The van der Waals surface area contributed by atoms with Gasteiger partial charge in [-0.2, -0.15) is 5.10 Å². The molecule has 6 heteroatoms. The van der Waals surface area contributed by atoms with Gasteiger partial charge in [-0.25, -0.2) is 4.79 Å². The van der Waals surface area contributed by atoms with E-state index in [1.54, 1.807) is 6.20 Å². The molecular formula is C24H25N3O3. The minimum Gasteiger partial charge on any atom is -0.449 e. The van der Waals surface area contributed by atoms with Gasteiger partial charge < -0.3 is 15.2 Å². The fraction of sp³-hybridized carbons (Fsp3) is 0.333. The Balaban J connectivity index is 1.28. The molecule has 154 valence electrons. The molecule has 1 unspecified atom stereocenters. The Hall–Kier alpha value is -3.12. The van der Waals surface area contributed by atoms with E-state index in [1.165, 1.54) is 22.3 Å². The molecule has 2 aromatic carbocycles. The van der Waals surface area contributed by atoms with Crippen LogP contribution in [0.1, 0.15) is 47.2 Å². The van der Waals surface area contributed by atoms with E-state index in [2.05, 4.69) is 34.7 Å². The number of carbonyl (C=O) groups is 1. The Labute approximate surface area is 175 Å². The maximum atomic E-state index is 12.6. The van der Waals surface area contributed by atoms with Gasteiger partial charge in [-0.1, -0.05) is 48.5 Å². The number of nitrogens with zero attached hydrogens (tertiary/aromatic N) is 2. The van der Waals surface area contributed by atoms with Crippen LogP contribution < -0.4 is 5.32 Å². The standard InChI is InChI=1S/C24H25N3O3/c28-13-12-27-23-11-5-10-22(20(23)14-25-27)26-24(29)30-15-21-18-8-3-1-6-16(18)17-7-2-4-9-19(17)21/h1-4,6-9,14,21-22,28H,5,10-13,15H2,(H,26,29). The SMILES string of the molecule is O=C(NC1CCCc2c1cnn2CCO)OCC1c2ccccc2-c2ccccc21. The molecule has 30 heavy (non-hydrogen) atoms. The Morgan fingerprint density at radius 1 is 1.10 bits per heavy atom. The third kappa shape index (κ3) is 3.27. The van der Waals surface area contributed by atoms with E-state index in [4.69, 9.17) is 4.74 Å². The number of benzene rings is 2. The van der Waals surface area contributed by atoms with Gasteiger partial charge in [-0.15, -0.1) is 0 Å². The van der Waals surface area contributed by atoms with Crippen molar-refractivity contribution in [3.63, 3.8) is 0 Å². The maximum absolute atomic E-state index is 12.6. The largest absolute Gasteiger partial charge is 0.449 e. The van der Waals surface area contributed by atoms with Crippen LogP contribution in [0.5, 0.6) is 0 Å². The number of fused-ring (bicyclic) bond motifs is 4. The minimum absolute atomic E-state index is 0.0531. The van der Waals surface area contributed by atoms with Gasteiger partial charge in [0.2, 0.25) is 0 Å². The second-order valence-electron chi connectivity index (χ2n) is 7.91. The predicted octanol–water partition coefficient (Wildman–Crippen LogP) is 3.79. The highest BCUT2D eigenvalue weighted by atomic mass is 16.5. The first kappa shape index (κ1) is 18.9. The zero-order valence-corrected chi connectivity index (χ0v) is 16.8. The number of aliphatic hydroxyl groups is 1. The van der Waals surface area contributed by atoms with Gasteiger partial charge in [0.15, 0.2) is 0 Å². The number of nitrogens with one attached hydrogen (secondary N) is 1. The highest BCUT2D eigenvalue weighted by Crippen LogP contribution is 2.44. The van der Waals surface area contributed by atoms with E-state index in [0.29, 0.717) is 13.2 Å². The number of carbonyl (C=O) groups excluding carboxylic acids is 1. The zero-order valence-electron chi connectivity index (χ0n) is 16.8. The van der Waals surface area contributed by atoms with Crippen molar-refractivity contribution in [2.24, 2.45) is 0 Å². The lowest BCUT2D eigenvalue weighted by Crippen LogP contribution is -2.32. The Morgan fingerprint density at radius 3 is 2.50 bits per heavy atom. The van der Waals surface area contributed by atoms with E-state index < -0.39 is 6.09 Å². The molecule has 0 saturated carbocycles. The molecule has 1 amide bonds. The number of aromatic nitrogens is 2. The van der Waals surface area contributed by atoms with Crippen LogP contribution in [0.3, 0.4) is 0 Å². The van der Waals surface area contributed by atoms with E-state index in [-0.39, 0.29) is 18.6 Å². The number of rotatable bonds is 5. The van der Waals surface area contributed by atoms with Crippen LogP contribution in [0.15, 0.2) is 54.7 Å². The number of aliphatic hydroxyl groups excluding tert-OH is 1. The fourth-order valence-corrected chi connectivity index (χ4v) is 4.84. The van der Waals surface area contributed by atoms with Gasteiger partial charge in [0.05, 0.1) is 25.4 Å². The maximum Gasteiger partial charge on any atom is 0.407 e. The van der Waals surface area contributed by atoms with Crippen molar-refractivity contribution < 1.29 is 14.6 Å². The summed E-state index contributed by atoms with van der Waals surface area (Å²) >= 11 is 0. The molecule has 0 radical (unpaired) electrons. The fourth-order valence-electron chi connectivity index (χ4n) is 4.84. The van der Waals surface area contributed by atoms with Crippen LogP contribution in [0, 0.1) is 0 Å². The summed E-state index contributed by atoms with van der Waals surface area (Å²) in [5.41, 5.74) is 6.97. The number of hydrogen-bond acceptors (Lipinski definition) is 4. The lowest BCUT2D eigenvalue weighted by molar-refractivity contribution is 0.138. The van der Waals surface area contributed by atoms with Gasteiger partial charge in [-0.3, -0.25) is 4.68 Å². The van der Waals surface area contributed by atoms with Gasteiger partial charge in [0.25, 0.3) is 0 Å². The van der Waals surface area contributed by atoms with Crippen LogP contribution in [0.25, 0.3) is 11.1 Å². The van der Waals surface area contributed by atoms with Crippen LogP contribution in [-0.4, -0.2) is 34.2 Å². The van der Waals surface area contributed by atoms with Gasteiger partial charge in [-0.05, 0) is 41.5 Å². The van der Waals surface area contributed by atoms with E-state index in [9.17, 15) is 9.90 Å². The quantitative estimate of drug-likeness (QED) is 0.680. The van der Waals surface area contributed by atoms with Gasteiger partial charge >= 0.3 is 6.09 Å². The first-order chi connectivity index (χ1) is 14.8. The second-order valence-corrected chi connectivity index (χ2v) is 7.91. The van der Waals surface area contributed by atoms with Crippen molar-refractivity contribution in [3.05, 3.63) is 77.1 Å². The van der Waals surface area contributed by atoms with Crippen molar-refractivity contribution in [2.45, 2.75) is 37.8 Å². The first-order valence-electron chi connectivity index (χ1n) is 10.5. The second kappa shape index (κ2) is 7.95. The third-order valence-electron chi connectivity index (χ3n) is 6.21. The topological polar surface area (TPSA) is 76.4 Å².